The van der Waals surface area contributed by atoms with E-state index >= 15 is 0 Å². The smallest absolute Gasteiger partial charge is 0.338 e. The maximum Gasteiger partial charge on any atom is 0.338 e. The third-order valence-corrected chi connectivity index (χ3v) is 6.78. The zero-order valence-corrected chi connectivity index (χ0v) is 20.2. The predicted octanol–water partition coefficient (Wildman–Crippen LogP) is 3.81. The van der Waals surface area contributed by atoms with Gasteiger partial charge in [-0.25, -0.2) is 9.79 Å². The standard InChI is InChI=1S/C24H24N2O4S2/c1-13(2)29-23(28)20-15(4)25-24-26(21(20)16-7-10-18(31-5)11-8-16)22(27)19(32-24)12-17-9-6-14(3)30-17/h6-13,21H,1-5H3/b19-12+/t21-/m1/s1. The van der Waals surface area contributed by atoms with Crippen molar-refractivity contribution < 1.29 is 13.9 Å². The molecule has 0 radical (unpaired) electrons. The molecule has 0 saturated heterocycles. The number of esters is 1. The van der Waals surface area contributed by atoms with Crippen LogP contribution in [0.3, 0.4) is 0 Å². The summed E-state index contributed by atoms with van der Waals surface area (Å²) in [5.74, 6) is 0.908. The zero-order chi connectivity index (χ0) is 23.0. The minimum Gasteiger partial charge on any atom is -0.462 e. The first-order chi connectivity index (χ1) is 15.3. The molecule has 0 amide bonds. The molecule has 32 heavy (non-hydrogen) atoms. The molecule has 3 aromatic rings. The molecule has 2 aromatic heterocycles. The number of furan rings is 1. The van der Waals surface area contributed by atoms with Gasteiger partial charge in [0, 0.05) is 11.0 Å². The molecule has 0 aliphatic carbocycles. The number of thioether (sulfide) groups is 1. The molecule has 0 spiro atoms. The summed E-state index contributed by atoms with van der Waals surface area (Å²) >= 11 is 2.91. The predicted molar refractivity (Wildman–Crippen MR) is 127 cm³/mol. The Morgan fingerprint density at radius 2 is 1.94 bits per heavy atom. The van der Waals surface area contributed by atoms with E-state index in [2.05, 4.69) is 4.99 Å². The normalized spacial score (nSPS) is 16.3. The van der Waals surface area contributed by atoms with Crippen LogP contribution in [0.25, 0.3) is 6.08 Å². The van der Waals surface area contributed by atoms with E-state index in [-0.39, 0.29) is 11.7 Å². The van der Waals surface area contributed by atoms with Gasteiger partial charge in [0.05, 0.1) is 27.9 Å². The highest BCUT2D eigenvalue weighted by Crippen LogP contribution is 2.32. The van der Waals surface area contributed by atoms with Crippen LogP contribution in [0.15, 0.2) is 66.8 Å². The Morgan fingerprint density at radius 1 is 1.22 bits per heavy atom. The number of carbonyl (C=O) groups is 1. The lowest BCUT2D eigenvalue weighted by atomic mass is 9.96. The van der Waals surface area contributed by atoms with E-state index in [0.717, 1.165) is 16.2 Å². The van der Waals surface area contributed by atoms with Crippen molar-refractivity contribution >= 4 is 35.1 Å². The van der Waals surface area contributed by atoms with Crippen LogP contribution < -0.4 is 14.9 Å². The van der Waals surface area contributed by atoms with E-state index in [1.165, 1.54) is 11.3 Å². The number of hydrogen-bond acceptors (Lipinski definition) is 7. The minimum atomic E-state index is -0.617. The molecule has 3 heterocycles. The molecular weight excluding hydrogens is 444 g/mol. The van der Waals surface area contributed by atoms with Crippen LogP contribution in [0.2, 0.25) is 0 Å². The molecule has 0 bridgehead atoms. The van der Waals surface area contributed by atoms with Crippen LogP contribution in [0.5, 0.6) is 0 Å². The second kappa shape index (κ2) is 8.96. The molecule has 1 aliphatic rings. The van der Waals surface area contributed by atoms with Gasteiger partial charge in [0.25, 0.3) is 5.56 Å². The van der Waals surface area contributed by atoms with Gasteiger partial charge in [0.15, 0.2) is 4.80 Å². The van der Waals surface area contributed by atoms with Crippen molar-refractivity contribution in [1.29, 1.82) is 0 Å². The van der Waals surface area contributed by atoms with Gasteiger partial charge in [-0.3, -0.25) is 9.36 Å². The Bertz CT molecular complexity index is 1370. The second-order valence-electron chi connectivity index (χ2n) is 7.76. The second-order valence-corrected chi connectivity index (χ2v) is 9.65. The van der Waals surface area contributed by atoms with E-state index in [1.807, 2.05) is 49.6 Å². The Morgan fingerprint density at radius 3 is 2.53 bits per heavy atom. The fraction of sp³-hybridized carbons (Fsp3) is 0.292. The van der Waals surface area contributed by atoms with Gasteiger partial charge in [-0.2, -0.15) is 0 Å². The van der Waals surface area contributed by atoms with Gasteiger partial charge in [0.1, 0.15) is 11.5 Å². The number of aromatic nitrogens is 1. The van der Waals surface area contributed by atoms with Gasteiger partial charge in [-0.05, 0) is 63.8 Å². The summed E-state index contributed by atoms with van der Waals surface area (Å²) in [4.78, 5) is 32.8. The Kier molecular flexibility index (Phi) is 6.26. The number of aryl methyl sites for hydroxylation is 1. The number of nitrogens with zero attached hydrogens (tertiary/aromatic N) is 2. The monoisotopic (exact) mass is 468 g/mol. The number of thiazole rings is 1. The number of hydrogen-bond donors (Lipinski definition) is 0. The van der Waals surface area contributed by atoms with Crippen LogP contribution in [-0.4, -0.2) is 22.9 Å². The van der Waals surface area contributed by atoms with Crippen LogP contribution in [-0.2, 0) is 9.53 Å². The highest BCUT2D eigenvalue weighted by atomic mass is 32.2. The highest BCUT2D eigenvalue weighted by Gasteiger charge is 2.33. The summed E-state index contributed by atoms with van der Waals surface area (Å²) in [5, 5.41) is 0. The summed E-state index contributed by atoms with van der Waals surface area (Å²) in [6.07, 6.45) is 3.44. The first-order valence-corrected chi connectivity index (χ1v) is 12.3. The SMILES string of the molecule is CSc1ccc([C@@H]2C(C(=O)OC(C)C)=C(C)N=c3s/c(=C/c4ccc(C)o4)c(=O)n32)cc1. The summed E-state index contributed by atoms with van der Waals surface area (Å²) in [6, 6.07) is 10.9. The van der Waals surface area contributed by atoms with Crippen molar-refractivity contribution in [2.24, 2.45) is 4.99 Å². The molecule has 8 heteroatoms. The molecular formula is C24H24N2O4S2. The lowest BCUT2D eigenvalue weighted by molar-refractivity contribution is -0.143. The van der Waals surface area contributed by atoms with Gasteiger partial charge in [0.2, 0.25) is 0 Å². The Hall–Kier alpha value is -2.84. The van der Waals surface area contributed by atoms with Gasteiger partial charge >= 0.3 is 5.97 Å². The number of benzene rings is 1. The summed E-state index contributed by atoms with van der Waals surface area (Å²) in [5.41, 5.74) is 1.54. The summed E-state index contributed by atoms with van der Waals surface area (Å²) < 4.78 is 13.2. The third kappa shape index (κ3) is 4.25. The number of carbonyl (C=O) groups excluding carboxylic acids is 1. The van der Waals surface area contributed by atoms with Crippen LogP contribution >= 0.6 is 23.1 Å². The van der Waals surface area contributed by atoms with E-state index in [4.69, 9.17) is 9.15 Å². The lowest BCUT2D eigenvalue weighted by Gasteiger charge is -2.25. The van der Waals surface area contributed by atoms with Crippen molar-refractivity contribution in [2.45, 2.75) is 44.7 Å². The van der Waals surface area contributed by atoms with Crippen LogP contribution in [0.4, 0.5) is 0 Å². The molecule has 4 rings (SSSR count). The average molecular weight is 469 g/mol. The average Bonchev–Trinajstić information content (AvgIpc) is 3.29. The third-order valence-electron chi connectivity index (χ3n) is 5.05. The molecule has 0 N–H and O–H groups in total. The first-order valence-electron chi connectivity index (χ1n) is 10.2. The van der Waals surface area contributed by atoms with Crippen LogP contribution in [0.1, 0.15) is 43.9 Å². The molecule has 0 unspecified atom stereocenters. The van der Waals surface area contributed by atoms with Crippen molar-refractivity contribution in [1.82, 2.24) is 4.57 Å². The topological polar surface area (TPSA) is 73.8 Å². The first kappa shape index (κ1) is 22.4. The molecule has 1 aromatic carbocycles. The number of fused-ring (bicyclic) bond motifs is 1. The fourth-order valence-electron chi connectivity index (χ4n) is 3.62. The van der Waals surface area contributed by atoms with E-state index in [1.54, 1.807) is 43.2 Å². The van der Waals surface area contributed by atoms with Crippen molar-refractivity contribution in [2.75, 3.05) is 6.26 Å². The molecule has 0 fully saturated rings. The van der Waals surface area contributed by atoms with E-state index in [9.17, 15) is 9.59 Å². The van der Waals surface area contributed by atoms with E-state index < -0.39 is 12.0 Å². The van der Waals surface area contributed by atoms with Crippen LogP contribution in [0, 0.1) is 6.92 Å². The quantitative estimate of drug-likeness (QED) is 0.421. The maximum atomic E-state index is 13.5. The Labute approximate surface area is 193 Å². The Balaban J connectivity index is 1.93. The number of rotatable bonds is 5. The van der Waals surface area contributed by atoms with Gasteiger partial charge in [-0.1, -0.05) is 23.5 Å². The molecule has 1 atom stereocenters. The minimum absolute atomic E-state index is 0.218. The maximum absolute atomic E-state index is 13.5. The summed E-state index contributed by atoms with van der Waals surface area (Å²) in [6.45, 7) is 7.24. The molecule has 1 aliphatic heterocycles. The van der Waals surface area contributed by atoms with Gasteiger partial charge in [-0.15, -0.1) is 11.8 Å². The molecule has 0 saturated carbocycles. The van der Waals surface area contributed by atoms with E-state index in [0.29, 0.717) is 26.4 Å². The van der Waals surface area contributed by atoms with Crippen molar-refractivity contribution in [3.8, 4) is 0 Å². The lowest BCUT2D eigenvalue weighted by Crippen LogP contribution is -2.40. The van der Waals surface area contributed by atoms with Gasteiger partial charge < -0.3 is 9.15 Å². The van der Waals surface area contributed by atoms with Crippen molar-refractivity contribution in [3.63, 3.8) is 0 Å². The zero-order valence-electron chi connectivity index (χ0n) is 18.5. The molecule has 166 valence electrons. The number of ether oxygens (including phenoxy) is 1. The molecule has 6 nitrogen and oxygen atoms in total. The van der Waals surface area contributed by atoms with Crippen molar-refractivity contribution in [3.05, 3.63) is 84.4 Å². The fourth-order valence-corrected chi connectivity index (χ4v) is 5.06. The summed E-state index contributed by atoms with van der Waals surface area (Å²) in [7, 11) is 0. The highest BCUT2D eigenvalue weighted by molar-refractivity contribution is 7.98. The largest absolute Gasteiger partial charge is 0.462 e. The number of allylic oxidation sites excluding steroid dienone is 1.